The fraction of sp³-hybridized carbons (Fsp3) is 0.182. The smallest absolute Gasteiger partial charge is 0.242 e. The number of aromatic nitrogens is 1. The molecule has 0 radical (unpaired) electrons. The number of hydrogen-bond acceptors (Lipinski definition) is 5. The van der Waals surface area contributed by atoms with E-state index in [4.69, 9.17) is 5.73 Å². The fourth-order valence-corrected chi connectivity index (χ4v) is 5.84. The molecule has 2 rings (SSSR count). The number of halogens is 2. The number of thiazole rings is 1. The summed E-state index contributed by atoms with van der Waals surface area (Å²) in [5, 5.41) is 2.75. The Labute approximate surface area is 137 Å². The summed E-state index contributed by atoms with van der Waals surface area (Å²) >= 11 is 7.95. The third-order valence-electron chi connectivity index (χ3n) is 2.40. The van der Waals surface area contributed by atoms with Crippen LogP contribution in [0.5, 0.6) is 0 Å². The second-order valence-corrected chi connectivity index (χ2v) is 8.28. The first kappa shape index (κ1) is 15.9. The molecule has 2 aromatic rings. The predicted octanol–water partition coefficient (Wildman–Crippen LogP) is 2.77. The topological polar surface area (TPSA) is 85.1 Å². The molecule has 0 spiro atoms. The average molecular weight is 441 g/mol. The lowest BCUT2D eigenvalue weighted by molar-refractivity contribution is 0.580. The van der Waals surface area contributed by atoms with Gasteiger partial charge in [-0.25, -0.2) is 18.1 Å². The Bertz CT molecular complexity index is 679. The zero-order chi connectivity index (χ0) is 14.8. The number of hydrogen-bond donors (Lipinski definition) is 2. The second kappa shape index (κ2) is 6.52. The molecule has 5 nitrogen and oxygen atoms in total. The number of anilines is 1. The molecule has 1 heterocycles. The van der Waals surface area contributed by atoms with Crippen molar-refractivity contribution in [3.05, 3.63) is 37.7 Å². The Kier molecular flexibility index (Phi) is 5.19. The van der Waals surface area contributed by atoms with E-state index in [0.29, 0.717) is 27.6 Å². The molecule has 0 unspecified atom stereocenters. The Morgan fingerprint density at radius 3 is 2.50 bits per heavy atom. The van der Waals surface area contributed by atoms with Crippen molar-refractivity contribution in [2.45, 2.75) is 11.3 Å². The van der Waals surface area contributed by atoms with E-state index in [9.17, 15) is 8.42 Å². The SMILES string of the molecule is Nc1cc(Br)c(S(=O)(=O)NCCc2nccs2)c(Br)c1. The van der Waals surface area contributed by atoms with Gasteiger partial charge in [-0.2, -0.15) is 0 Å². The second-order valence-electron chi connectivity index (χ2n) is 3.89. The van der Waals surface area contributed by atoms with Gasteiger partial charge in [-0.3, -0.25) is 0 Å². The van der Waals surface area contributed by atoms with E-state index < -0.39 is 10.0 Å². The van der Waals surface area contributed by atoms with Gasteiger partial charge in [-0.05, 0) is 44.0 Å². The van der Waals surface area contributed by atoms with Crippen LogP contribution in [0.3, 0.4) is 0 Å². The maximum atomic E-state index is 12.3. The molecule has 0 amide bonds. The van der Waals surface area contributed by atoms with Crippen molar-refractivity contribution < 1.29 is 8.42 Å². The largest absolute Gasteiger partial charge is 0.399 e. The van der Waals surface area contributed by atoms with Crippen molar-refractivity contribution in [2.75, 3.05) is 12.3 Å². The Morgan fingerprint density at radius 1 is 1.30 bits per heavy atom. The Hall–Kier alpha value is -0.480. The summed E-state index contributed by atoms with van der Waals surface area (Å²) in [5.74, 6) is 0. The highest BCUT2D eigenvalue weighted by atomic mass is 79.9. The van der Waals surface area contributed by atoms with Gasteiger partial charge in [0.2, 0.25) is 10.0 Å². The van der Waals surface area contributed by atoms with Crippen LogP contribution in [-0.2, 0) is 16.4 Å². The first-order valence-electron chi connectivity index (χ1n) is 5.52. The summed E-state index contributed by atoms with van der Waals surface area (Å²) in [4.78, 5) is 4.25. The monoisotopic (exact) mass is 439 g/mol. The van der Waals surface area contributed by atoms with Crippen molar-refractivity contribution in [3.8, 4) is 0 Å². The average Bonchev–Trinajstić information content (AvgIpc) is 2.79. The highest BCUT2D eigenvalue weighted by Crippen LogP contribution is 2.32. The van der Waals surface area contributed by atoms with E-state index >= 15 is 0 Å². The van der Waals surface area contributed by atoms with E-state index in [1.807, 2.05) is 5.38 Å². The lowest BCUT2D eigenvalue weighted by atomic mass is 10.3. The maximum Gasteiger partial charge on any atom is 0.242 e. The molecule has 20 heavy (non-hydrogen) atoms. The highest BCUT2D eigenvalue weighted by Gasteiger charge is 2.21. The lowest BCUT2D eigenvalue weighted by Gasteiger charge is -2.10. The van der Waals surface area contributed by atoms with Gasteiger partial charge in [0.25, 0.3) is 0 Å². The van der Waals surface area contributed by atoms with Crippen LogP contribution < -0.4 is 10.5 Å². The summed E-state index contributed by atoms with van der Waals surface area (Å²) in [5.41, 5.74) is 6.13. The molecule has 0 saturated heterocycles. The highest BCUT2D eigenvalue weighted by molar-refractivity contribution is 9.11. The molecule has 0 fully saturated rings. The fourth-order valence-electron chi connectivity index (χ4n) is 1.58. The van der Waals surface area contributed by atoms with E-state index in [1.165, 1.54) is 11.3 Å². The molecule has 0 bridgehead atoms. The number of rotatable bonds is 5. The predicted molar refractivity (Wildman–Crippen MR) is 87.3 cm³/mol. The minimum absolute atomic E-state index is 0.144. The molecule has 0 atom stereocenters. The van der Waals surface area contributed by atoms with Crippen LogP contribution in [0.2, 0.25) is 0 Å². The van der Waals surface area contributed by atoms with Crippen molar-refractivity contribution in [3.63, 3.8) is 0 Å². The van der Waals surface area contributed by atoms with E-state index in [0.717, 1.165) is 5.01 Å². The zero-order valence-electron chi connectivity index (χ0n) is 10.1. The Morgan fingerprint density at radius 2 is 1.95 bits per heavy atom. The van der Waals surface area contributed by atoms with Gasteiger partial charge < -0.3 is 5.73 Å². The third-order valence-corrected chi connectivity index (χ3v) is 6.58. The quantitative estimate of drug-likeness (QED) is 0.700. The van der Waals surface area contributed by atoms with Gasteiger partial charge in [-0.15, -0.1) is 11.3 Å². The molecule has 9 heteroatoms. The molecule has 0 aliphatic carbocycles. The van der Waals surface area contributed by atoms with E-state index in [1.54, 1.807) is 18.3 Å². The molecular formula is C11H11Br2N3O2S2. The molecule has 0 aliphatic heterocycles. The number of nitrogens with zero attached hydrogens (tertiary/aromatic N) is 1. The molecule has 108 valence electrons. The first-order chi connectivity index (χ1) is 9.40. The molecule has 3 N–H and O–H groups in total. The molecule has 1 aromatic heterocycles. The van der Waals surface area contributed by atoms with Crippen molar-refractivity contribution >= 4 is 58.9 Å². The van der Waals surface area contributed by atoms with Crippen LogP contribution in [0.1, 0.15) is 5.01 Å². The van der Waals surface area contributed by atoms with Gasteiger partial charge in [0.1, 0.15) is 4.90 Å². The van der Waals surface area contributed by atoms with Gasteiger partial charge in [0.15, 0.2) is 0 Å². The van der Waals surface area contributed by atoms with E-state index in [-0.39, 0.29) is 4.90 Å². The first-order valence-corrected chi connectivity index (χ1v) is 9.47. The number of benzene rings is 1. The van der Waals surface area contributed by atoms with Crippen LogP contribution >= 0.6 is 43.2 Å². The number of sulfonamides is 1. The number of nitrogen functional groups attached to an aromatic ring is 1. The zero-order valence-corrected chi connectivity index (χ0v) is 14.9. The minimum Gasteiger partial charge on any atom is -0.399 e. The summed E-state index contributed by atoms with van der Waals surface area (Å²) in [7, 11) is -3.61. The molecule has 0 aliphatic rings. The maximum absolute atomic E-state index is 12.3. The summed E-state index contributed by atoms with van der Waals surface area (Å²) in [6.45, 7) is 0.291. The standard InChI is InChI=1S/C11H11Br2N3O2S2/c12-8-5-7(14)6-9(13)11(8)20(17,18)16-2-1-10-15-3-4-19-10/h3-6,16H,1-2,14H2. The van der Waals surface area contributed by atoms with Crippen molar-refractivity contribution in [1.29, 1.82) is 0 Å². The van der Waals surface area contributed by atoms with Crippen molar-refractivity contribution in [2.24, 2.45) is 0 Å². The van der Waals surface area contributed by atoms with Gasteiger partial charge >= 0.3 is 0 Å². The van der Waals surface area contributed by atoms with Crippen LogP contribution in [0.4, 0.5) is 5.69 Å². The third kappa shape index (κ3) is 3.79. The molecular weight excluding hydrogens is 430 g/mol. The molecule has 1 aromatic carbocycles. The summed E-state index contributed by atoms with van der Waals surface area (Å²) in [6.07, 6.45) is 2.25. The number of nitrogens with one attached hydrogen (secondary N) is 1. The van der Waals surface area contributed by atoms with Crippen LogP contribution in [0, 0.1) is 0 Å². The Balaban J connectivity index is 2.14. The van der Waals surface area contributed by atoms with Crippen LogP contribution in [-0.4, -0.2) is 19.9 Å². The lowest BCUT2D eigenvalue weighted by Crippen LogP contribution is -2.26. The summed E-state index contributed by atoms with van der Waals surface area (Å²) in [6, 6.07) is 3.11. The van der Waals surface area contributed by atoms with Crippen LogP contribution in [0.25, 0.3) is 0 Å². The van der Waals surface area contributed by atoms with Gasteiger partial charge in [-0.1, -0.05) is 0 Å². The van der Waals surface area contributed by atoms with E-state index in [2.05, 4.69) is 41.6 Å². The molecule has 0 saturated carbocycles. The van der Waals surface area contributed by atoms with Gasteiger partial charge in [0, 0.05) is 39.2 Å². The normalized spacial score (nSPS) is 11.7. The summed E-state index contributed by atoms with van der Waals surface area (Å²) < 4.78 is 28.0. The van der Waals surface area contributed by atoms with Crippen LogP contribution in [0.15, 0.2) is 37.6 Å². The number of nitrogens with two attached hydrogens (primary N) is 1. The minimum atomic E-state index is -3.61. The van der Waals surface area contributed by atoms with Gasteiger partial charge in [0.05, 0.1) is 5.01 Å². The van der Waals surface area contributed by atoms with Crippen molar-refractivity contribution in [1.82, 2.24) is 9.71 Å².